The Labute approximate surface area is 87.8 Å². The molecule has 0 saturated heterocycles. The van der Waals surface area contributed by atoms with Crippen LogP contribution in [-0.2, 0) is 4.79 Å². The molecular weight excluding hydrogens is 198 g/mol. The van der Waals surface area contributed by atoms with E-state index in [-0.39, 0.29) is 11.9 Å². The normalized spacial score (nSPS) is 13.7. The Morgan fingerprint density at radius 2 is 2.29 bits per heavy atom. The number of nitrogens with one attached hydrogen (secondary N) is 1. The van der Waals surface area contributed by atoms with Gasteiger partial charge in [-0.1, -0.05) is 0 Å². The Balaban J connectivity index is 2.58. The number of carbonyl (C=O) groups is 1. The summed E-state index contributed by atoms with van der Waals surface area (Å²) in [6.07, 6.45) is 0. The standard InChI is InChI=1S/C10H15NO2S/c1-7(8-4-5-14-6-8)11-9(12)10(2,3)13/h4-7,13H,1-3H3,(H,11,12). The van der Waals surface area contributed by atoms with Gasteiger partial charge in [0, 0.05) is 0 Å². The SMILES string of the molecule is CC(NC(=O)C(C)(C)O)c1ccsc1. The van der Waals surface area contributed by atoms with Gasteiger partial charge in [0.05, 0.1) is 6.04 Å². The predicted molar refractivity (Wildman–Crippen MR) is 57.2 cm³/mol. The van der Waals surface area contributed by atoms with Crippen molar-refractivity contribution in [1.29, 1.82) is 0 Å². The first-order valence-corrected chi connectivity index (χ1v) is 5.41. The molecule has 1 amide bonds. The lowest BCUT2D eigenvalue weighted by atomic mass is 10.1. The van der Waals surface area contributed by atoms with Crippen molar-refractivity contribution in [2.24, 2.45) is 0 Å². The molecule has 0 aliphatic heterocycles. The maximum Gasteiger partial charge on any atom is 0.251 e. The Kier molecular flexibility index (Phi) is 3.29. The fourth-order valence-electron chi connectivity index (χ4n) is 0.978. The van der Waals surface area contributed by atoms with Crippen LogP contribution >= 0.6 is 11.3 Å². The van der Waals surface area contributed by atoms with E-state index in [2.05, 4.69) is 5.32 Å². The first-order valence-electron chi connectivity index (χ1n) is 4.46. The number of aliphatic hydroxyl groups is 1. The number of hydrogen-bond acceptors (Lipinski definition) is 3. The van der Waals surface area contributed by atoms with Gasteiger partial charge >= 0.3 is 0 Å². The fraction of sp³-hybridized carbons (Fsp3) is 0.500. The molecule has 0 aliphatic rings. The summed E-state index contributed by atoms with van der Waals surface area (Å²) in [5, 5.41) is 16.1. The summed E-state index contributed by atoms with van der Waals surface area (Å²) in [5.41, 5.74) is -0.253. The summed E-state index contributed by atoms with van der Waals surface area (Å²) in [6.45, 7) is 4.84. The minimum absolute atomic E-state index is 0.0554. The third kappa shape index (κ3) is 2.82. The zero-order valence-corrected chi connectivity index (χ0v) is 9.39. The van der Waals surface area contributed by atoms with Gasteiger partial charge in [-0.25, -0.2) is 0 Å². The van der Waals surface area contributed by atoms with E-state index in [0.29, 0.717) is 0 Å². The highest BCUT2D eigenvalue weighted by atomic mass is 32.1. The molecule has 1 unspecified atom stereocenters. The van der Waals surface area contributed by atoms with E-state index in [1.165, 1.54) is 13.8 Å². The summed E-state index contributed by atoms with van der Waals surface area (Å²) in [7, 11) is 0. The van der Waals surface area contributed by atoms with Crippen molar-refractivity contribution in [3.05, 3.63) is 22.4 Å². The molecule has 78 valence electrons. The number of amides is 1. The van der Waals surface area contributed by atoms with E-state index in [4.69, 9.17) is 0 Å². The molecule has 0 aliphatic carbocycles. The molecule has 0 fully saturated rings. The quantitative estimate of drug-likeness (QED) is 0.803. The van der Waals surface area contributed by atoms with Gasteiger partial charge in [-0.15, -0.1) is 0 Å². The molecule has 1 aromatic heterocycles. The van der Waals surface area contributed by atoms with Crippen LogP contribution in [-0.4, -0.2) is 16.6 Å². The van der Waals surface area contributed by atoms with Crippen molar-refractivity contribution in [2.75, 3.05) is 0 Å². The van der Waals surface area contributed by atoms with E-state index in [1.54, 1.807) is 11.3 Å². The van der Waals surface area contributed by atoms with Crippen molar-refractivity contribution in [3.8, 4) is 0 Å². The highest BCUT2D eigenvalue weighted by Crippen LogP contribution is 2.16. The Morgan fingerprint density at radius 3 is 2.71 bits per heavy atom. The average Bonchev–Trinajstić information content (AvgIpc) is 2.53. The van der Waals surface area contributed by atoms with Gasteiger partial charge in [-0.05, 0) is 43.2 Å². The molecule has 1 rings (SSSR count). The van der Waals surface area contributed by atoms with Gasteiger partial charge in [0.15, 0.2) is 0 Å². The fourth-order valence-corrected chi connectivity index (χ4v) is 1.73. The molecule has 0 spiro atoms. The second kappa shape index (κ2) is 4.11. The van der Waals surface area contributed by atoms with Crippen molar-refractivity contribution in [2.45, 2.75) is 32.4 Å². The molecule has 14 heavy (non-hydrogen) atoms. The lowest BCUT2D eigenvalue weighted by Gasteiger charge is -2.20. The van der Waals surface area contributed by atoms with Gasteiger partial charge in [-0.2, -0.15) is 11.3 Å². The van der Waals surface area contributed by atoms with Crippen LogP contribution in [0.4, 0.5) is 0 Å². The van der Waals surface area contributed by atoms with E-state index in [9.17, 15) is 9.90 Å². The number of thiophene rings is 1. The van der Waals surface area contributed by atoms with Crippen LogP contribution in [0, 0.1) is 0 Å². The van der Waals surface area contributed by atoms with Crippen LogP contribution in [0.5, 0.6) is 0 Å². The molecule has 1 atom stereocenters. The third-order valence-electron chi connectivity index (χ3n) is 1.95. The van der Waals surface area contributed by atoms with Crippen LogP contribution in [0.2, 0.25) is 0 Å². The molecule has 1 aromatic rings. The van der Waals surface area contributed by atoms with Gasteiger partial charge < -0.3 is 10.4 Å². The molecular formula is C10H15NO2S. The zero-order chi connectivity index (χ0) is 10.8. The predicted octanol–water partition coefficient (Wildman–Crippen LogP) is 1.70. The molecule has 4 heteroatoms. The van der Waals surface area contributed by atoms with Crippen LogP contribution in [0.3, 0.4) is 0 Å². The Hall–Kier alpha value is -0.870. The van der Waals surface area contributed by atoms with Gasteiger partial charge in [0.2, 0.25) is 0 Å². The van der Waals surface area contributed by atoms with E-state index >= 15 is 0 Å². The number of rotatable bonds is 3. The molecule has 1 heterocycles. The average molecular weight is 213 g/mol. The molecule has 0 bridgehead atoms. The lowest BCUT2D eigenvalue weighted by molar-refractivity contribution is -0.137. The maximum atomic E-state index is 11.4. The number of carbonyl (C=O) groups excluding carboxylic acids is 1. The highest BCUT2D eigenvalue weighted by molar-refractivity contribution is 7.07. The van der Waals surface area contributed by atoms with E-state index < -0.39 is 5.60 Å². The van der Waals surface area contributed by atoms with Gasteiger partial charge in [0.25, 0.3) is 5.91 Å². The summed E-state index contributed by atoms with van der Waals surface area (Å²) in [6, 6.07) is 1.90. The second-order valence-electron chi connectivity index (χ2n) is 3.81. The van der Waals surface area contributed by atoms with Crippen LogP contribution in [0.1, 0.15) is 32.4 Å². The van der Waals surface area contributed by atoms with E-state index in [1.807, 2.05) is 23.8 Å². The third-order valence-corrected chi connectivity index (χ3v) is 2.65. The first-order chi connectivity index (χ1) is 6.41. The van der Waals surface area contributed by atoms with Gasteiger partial charge in [-0.3, -0.25) is 4.79 Å². The van der Waals surface area contributed by atoms with Crippen LogP contribution < -0.4 is 5.32 Å². The lowest BCUT2D eigenvalue weighted by Crippen LogP contribution is -2.42. The monoisotopic (exact) mass is 213 g/mol. The Bertz CT molecular complexity index is 300. The highest BCUT2D eigenvalue weighted by Gasteiger charge is 2.25. The molecule has 0 radical (unpaired) electrons. The minimum Gasteiger partial charge on any atom is -0.381 e. The van der Waals surface area contributed by atoms with Crippen molar-refractivity contribution < 1.29 is 9.90 Å². The molecule has 2 N–H and O–H groups in total. The summed E-state index contributed by atoms with van der Waals surface area (Å²) in [4.78, 5) is 11.4. The summed E-state index contributed by atoms with van der Waals surface area (Å²) >= 11 is 1.59. The second-order valence-corrected chi connectivity index (χ2v) is 4.59. The van der Waals surface area contributed by atoms with E-state index in [0.717, 1.165) is 5.56 Å². The largest absolute Gasteiger partial charge is 0.381 e. The van der Waals surface area contributed by atoms with Crippen molar-refractivity contribution in [1.82, 2.24) is 5.32 Å². The number of hydrogen-bond donors (Lipinski definition) is 2. The maximum absolute atomic E-state index is 11.4. The van der Waals surface area contributed by atoms with Crippen LogP contribution in [0.25, 0.3) is 0 Å². The van der Waals surface area contributed by atoms with Crippen LogP contribution in [0.15, 0.2) is 16.8 Å². The Morgan fingerprint density at radius 1 is 1.64 bits per heavy atom. The smallest absolute Gasteiger partial charge is 0.251 e. The van der Waals surface area contributed by atoms with Crippen molar-refractivity contribution in [3.63, 3.8) is 0 Å². The molecule has 3 nitrogen and oxygen atoms in total. The molecule has 0 aromatic carbocycles. The van der Waals surface area contributed by atoms with Gasteiger partial charge in [0.1, 0.15) is 5.60 Å². The zero-order valence-electron chi connectivity index (χ0n) is 8.57. The summed E-state index contributed by atoms with van der Waals surface area (Å²) < 4.78 is 0. The summed E-state index contributed by atoms with van der Waals surface area (Å²) in [5.74, 6) is -0.351. The molecule has 0 saturated carbocycles. The minimum atomic E-state index is -1.32. The van der Waals surface area contributed by atoms with Crippen molar-refractivity contribution >= 4 is 17.2 Å². The first kappa shape index (κ1) is 11.2. The topological polar surface area (TPSA) is 49.3 Å².